The molecule has 1 fully saturated rings. The Morgan fingerprint density at radius 2 is 1.93 bits per heavy atom. The van der Waals surface area contributed by atoms with Gasteiger partial charge in [-0.1, -0.05) is 6.07 Å². The highest BCUT2D eigenvalue weighted by Gasteiger charge is 2.48. The Bertz CT molecular complexity index is 747. The van der Waals surface area contributed by atoms with Crippen LogP contribution in [0, 0.1) is 0 Å². The Morgan fingerprint density at radius 1 is 1.14 bits per heavy atom. The van der Waals surface area contributed by atoms with Crippen LogP contribution in [0.5, 0.6) is 11.5 Å². The summed E-state index contributed by atoms with van der Waals surface area (Å²) in [4.78, 5) is 14.6. The van der Waals surface area contributed by atoms with Gasteiger partial charge in [-0.2, -0.15) is 0 Å². The van der Waals surface area contributed by atoms with E-state index in [1.54, 1.807) is 21.3 Å². The zero-order valence-electron chi connectivity index (χ0n) is 18.0. The van der Waals surface area contributed by atoms with Crippen molar-refractivity contribution in [1.29, 1.82) is 0 Å². The van der Waals surface area contributed by atoms with Crippen molar-refractivity contribution >= 4 is 5.97 Å². The molecule has 0 amide bonds. The van der Waals surface area contributed by atoms with E-state index in [9.17, 15) is 4.79 Å². The van der Waals surface area contributed by atoms with Crippen LogP contribution in [-0.2, 0) is 19.7 Å². The van der Waals surface area contributed by atoms with Crippen LogP contribution in [0.15, 0.2) is 30.0 Å². The van der Waals surface area contributed by atoms with E-state index in [1.807, 2.05) is 6.07 Å². The topological polar surface area (TPSA) is 57.2 Å². The first kappa shape index (κ1) is 21.7. The zero-order valence-corrected chi connectivity index (χ0v) is 18.0. The van der Waals surface area contributed by atoms with Gasteiger partial charge in [0.2, 0.25) is 0 Å². The lowest BCUT2D eigenvalue weighted by Crippen LogP contribution is -2.42. The molecule has 1 aliphatic heterocycles. The standard InChI is InChI=1S/C23H33NO5/c1-24-13-12-23(17-8-9-19(27-3)20(15-17)28-4)11-10-18(16-21(23)24)29-22(25)7-5-6-14-26-2/h8-9,15-16,21H,5-7,10-14H2,1-4H3/t21-,23-/m0/s1. The summed E-state index contributed by atoms with van der Waals surface area (Å²) < 4.78 is 21.7. The van der Waals surface area contributed by atoms with Crippen LogP contribution in [0.1, 0.15) is 44.1 Å². The second kappa shape index (κ2) is 9.63. The number of ether oxygens (including phenoxy) is 4. The summed E-state index contributed by atoms with van der Waals surface area (Å²) >= 11 is 0. The number of fused-ring (bicyclic) bond motifs is 1. The summed E-state index contributed by atoms with van der Waals surface area (Å²) in [7, 11) is 7.14. The average molecular weight is 404 g/mol. The monoisotopic (exact) mass is 403 g/mol. The maximum atomic E-state index is 12.2. The van der Waals surface area contributed by atoms with E-state index in [1.165, 1.54) is 5.56 Å². The molecule has 0 spiro atoms. The molecule has 0 radical (unpaired) electrons. The Labute approximate surface area is 173 Å². The van der Waals surface area contributed by atoms with E-state index in [4.69, 9.17) is 18.9 Å². The van der Waals surface area contributed by atoms with Crippen molar-refractivity contribution in [3.8, 4) is 11.5 Å². The second-order valence-electron chi connectivity index (χ2n) is 7.96. The molecule has 0 saturated carbocycles. The third-order valence-corrected chi connectivity index (χ3v) is 6.30. The lowest BCUT2D eigenvalue weighted by Gasteiger charge is -2.40. The number of likely N-dealkylation sites (N-methyl/N-ethyl adjacent to an activating group) is 1. The molecule has 6 nitrogen and oxygen atoms in total. The first-order chi connectivity index (χ1) is 14.0. The van der Waals surface area contributed by atoms with E-state index < -0.39 is 0 Å². The van der Waals surface area contributed by atoms with E-state index in [0.717, 1.165) is 55.9 Å². The van der Waals surface area contributed by atoms with E-state index in [-0.39, 0.29) is 17.4 Å². The quantitative estimate of drug-likeness (QED) is 0.463. The lowest BCUT2D eigenvalue weighted by atomic mass is 9.68. The lowest BCUT2D eigenvalue weighted by molar-refractivity contribution is -0.140. The number of benzene rings is 1. The molecule has 1 aliphatic carbocycles. The van der Waals surface area contributed by atoms with Gasteiger partial charge in [-0.25, -0.2) is 0 Å². The van der Waals surface area contributed by atoms with Gasteiger partial charge in [0, 0.05) is 38.0 Å². The van der Waals surface area contributed by atoms with Crippen molar-refractivity contribution in [1.82, 2.24) is 4.90 Å². The zero-order chi connectivity index (χ0) is 20.9. The fourth-order valence-corrected chi connectivity index (χ4v) is 4.65. The minimum absolute atomic E-state index is 0.00265. The maximum Gasteiger partial charge on any atom is 0.310 e. The number of carbonyl (C=O) groups is 1. The minimum Gasteiger partial charge on any atom is -0.493 e. The summed E-state index contributed by atoms with van der Waals surface area (Å²) in [5, 5.41) is 0. The molecule has 0 unspecified atom stereocenters. The molecule has 160 valence electrons. The van der Waals surface area contributed by atoms with Gasteiger partial charge in [0.15, 0.2) is 11.5 Å². The second-order valence-corrected chi connectivity index (χ2v) is 7.96. The van der Waals surface area contributed by atoms with Crippen molar-refractivity contribution in [3.05, 3.63) is 35.6 Å². The molecule has 29 heavy (non-hydrogen) atoms. The van der Waals surface area contributed by atoms with Gasteiger partial charge in [-0.3, -0.25) is 9.69 Å². The Morgan fingerprint density at radius 3 is 2.66 bits per heavy atom. The summed E-state index contributed by atoms with van der Waals surface area (Å²) in [6.07, 6.45) is 7.03. The van der Waals surface area contributed by atoms with Crippen LogP contribution in [0.25, 0.3) is 0 Å². The largest absolute Gasteiger partial charge is 0.493 e. The third kappa shape index (κ3) is 4.59. The number of esters is 1. The van der Waals surface area contributed by atoms with Crippen LogP contribution in [0.4, 0.5) is 0 Å². The Balaban J connectivity index is 1.76. The smallest absolute Gasteiger partial charge is 0.310 e. The summed E-state index contributed by atoms with van der Waals surface area (Å²) in [5.41, 5.74) is 1.26. The highest BCUT2D eigenvalue weighted by molar-refractivity contribution is 5.70. The van der Waals surface area contributed by atoms with Gasteiger partial charge in [-0.15, -0.1) is 0 Å². The van der Waals surface area contributed by atoms with E-state index in [0.29, 0.717) is 13.0 Å². The van der Waals surface area contributed by atoms with Gasteiger partial charge < -0.3 is 18.9 Å². The fourth-order valence-electron chi connectivity index (χ4n) is 4.65. The third-order valence-electron chi connectivity index (χ3n) is 6.30. The molecule has 2 aliphatic rings. The number of carbonyl (C=O) groups excluding carboxylic acids is 1. The molecule has 0 N–H and O–H groups in total. The maximum absolute atomic E-state index is 12.2. The number of nitrogens with zero attached hydrogens (tertiary/aromatic N) is 1. The molecule has 3 rings (SSSR count). The summed E-state index contributed by atoms with van der Waals surface area (Å²) in [6, 6.07) is 6.43. The SMILES string of the molecule is COCCCCC(=O)OC1=C[C@@H]2N(C)CC[C@]2(c2ccc(OC)c(OC)c2)CC1. The van der Waals surface area contributed by atoms with Gasteiger partial charge >= 0.3 is 5.97 Å². The van der Waals surface area contributed by atoms with Crippen molar-refractivity contribution in [2.75, 3.05) is 41.5 Å². The first-order valence-electron chi connectivity index (χ1n) is 10.4. The van der Waals surface area contributed by atoms with Crippen molar-refractivity contribution in [2.24, 2.45) is 0 Å². The van der Waals surface area contributed by atoms with Crippen LogP contribution in [0.3, 0.4) is 0 Å². The summed E-state index contributed by atoms with van der Waals surface area (Å²) in [6.45, 7) is 1.68. The van der Waals surface area contributed by atoms with Crippen LogP contribution in [0.2, 0.25) is 0 Å². The van der Waals surface area contributed by atoms with Crippen LogP contribution < -0.4 is 9.47 Å². The molecule has 0 bridgehead atoms. The van der Waals surface area contributed by atoms with Crippen LogP contribution >= 0.6 is 0 Å². The summed E-state index contributed by atoms with van der Waals surface area (Å²) in [5.74, 6) is 2.15. The first-order valence-corrected chi connectivity index (χ1v) is 10.4. The van der Waals surface area contributed by atoms with Crippen LogP contribution in [-0.4, -0.2) is 58.4 Å². The van der Waals surface area contributed by atoms with Gasteiger partial charge in [0.05, 0.1) is 14.2 Å². The average Bonchev–Trinajstić information content (AvgIpc) is 3.08. The van der Waals surface area contributed by atoms with E-state index >= 15 is 0 Å². The van der Waals surface area contributed by atoms with Gasteiger partial charge in [0.1, 0.15) is 5.76 Å². The van der Waals surface area contributed by atoms with Gasteiger partial charge in [0.25, 0.3) is 0 Å². The van der Waals surface area contributed by atoms with Crippen molar-refractivity contribution in [3.63, 3.8) is 0 Å². The highest BCUT2D eigenvalue weighted by atomic mass is 16.5. The molecule has 6 heteroatoms. The highest BCUT2D eigenvalue weighted by Crippen LogP contribution is 2.49. The molecule has 1 aromatic rings. The molecule has 2 atom stereocenters. The van der Waals surface area contributed by atoms with E-state index in [2.05, 4.69) is 30.2 Å². The number of likely N-dealkylation sites (tertiary alicyclic amines) is 1. The number of methoxy groups -OCH3 is 3. The molecule has 1 aromatic carbocycles. The Kier molecular flexibility index (Phi) is 7.19. The minimum atomic E-state index is -0.147. The molecule has 0 aromatic heterocycles. The predicted octanol–water partition coefficient (Wildman–Crippen LogP) is 3.68. The molecule has 1 saturated heterocycles. The fraction of sp³-hybridized carbons (Fsp3) is 0.609. The number of rotatable bonds is 9. The van der Waals surface area contributed by atoms with Gasteiger partial charge in [-0.05, 0) is 63.0 Å². The molecular weight excluding hydrogens is 370 g/mol. The normalized spacial score (nSPS) is 24.0. The van der Waals surface area contributed by atoms with Crippen molar-refractivity contribution < 1.29 is 23.7 Å². The molecule has 1 heterocycles. The number of hydrogen-bond acceptors (Lipinski definition) is 6. The number of unbranched alkanes of at least 4 members (excludes halogenated alkanes) is 1. The van der Waals surface area contributed by atoms with Crippen molar-refractivity contribution in [2.45, 2.75) is 50.0 Å². The Hall–Kier alpha value is -2.05. The predicted molar refractivity (Wildman–Crippen MR) is 111 cm³/mol. The molecular formula is C23H33NO5. The number of allylic oxidation sites excluding steroid dienone is 1. The number of hydrogen-bond donors (Lipinski definition) is 0.